The largest absolute Gasteiger partial charge is 0.276 e. The average Bonchev–Trinajstić information content (AvgIpc) is 3.31. The van der Waals surface area contributed by atoms with E-state index in [-0.39, 0.29) is 0 Å². The minimum Gasteiger partial charge on any atom is -0.276 e. The van der Waals surface area contributed by atoms with E-state index in [2.05, 4.69) is 32.8 Å². The lowest BCUT2D eigenvalue weighted by atomic mass is 10.2. The van der Waals surface area contributed by atoms with Gasteiger partial charge in [0.05, 0.1) is 12.4 Å². The highest BCUT2D eigenvalue weighted by molar-refractivity contribution is 8.03. The molecule has 0 aromatic carbocycles. The van der Waals surface area contributed by atoms with E-state index in [1.165, 1.54) is 11.1 Å². The molecule has 0 saturated heterocycles. The Hall–Kier alpha value is -1.32. The van der Waals surface area contributed by atoms with Gasteiger partial charge in [-0.25, -0.2) is 0 Å². The number of thioether (sulfide) groups is 2. The third-order valence-electron chi connectivity index (χ3n) is 3.58. The van der Waals surface area contributed by atoms with Crippen LogP contribution < -0.4 is 0 Å². The Balaban J connectivity index is 1.30. The van der Waals surface area contributed by atoms with Crippen molar-refractivity contribution in [2.75, 3.05) is 11.5 Å². The molecule has 6 nitrogen and oxygen atoms in total. The monoisotopic (exact) mass is 394 g/mol. The van der Waals surface area contributed by atoms with Crippen molar-refractivity contribution in [2.45, 2.75) is 34.4 Å². The lowest BCUT2D eigenvalue weighted by Gasteiger charge is -1.97. The zero-order valence-corrected chi connectivity index (χ0v) is 16.9. The Kier molecular flexibility index (Phi) is 6.94. The highest BCUT2D eigenvalue weighted by Gasteiger charge is 2.06. The van der Waals surface area contributed by atoms with Gasteiger partial charge < -0.3 is 0 Å². The summed E-state index contributed by atoms with van der Waals surface area (Å²) >= 11 is 5.30. The standard InChI is InChI=1S/C16H22N6S3/c1-21-11-13(9-17-21)5-3-7-23-15-19-20-16(25-15)24-8-4-6-14-10-18-22(2)12-14/h9-12H,3-8H2,1-2H3. The van der Waals surface area contributed by atoms with Crippen molar-refractivity contribution in [3.8, 4) is 0 Å². The highest BCUT2D eigenvalue weighted by Crippen LogP contribution is 2.29. The molecule has 0 saturated carbocycles. The summed E-state index contributed by atoms with van der Waals surface area (Å²) in [4.78, 5) is 0. The molecule has 25 heavy (non-hydrogen) atoms. The predicted octanol–water partition coefficient (Wildman–Crippen LogP) is 3.45. The van der Waals surface area contributed by atoms with Crippen LogP contribution in [0.25, 0.3) is 0 Å². The summed E-state index contributed by atoms with van der Waals surface area (Å²) in [6.07, 6.45) is 12.4. The molecule has 3 rings (SSSR count). The molecule has 0 N–H and O–H groups in total. The maximum Gasteiger partial charge on any atom is 0.175 e. The second kappa shape index (κ2) is 9.40. The molecule has 3 aromatic heterocycles. The summed E-state index contributed by atoms with van der Waals surface area (Å²) in [7, 11) is 3.91. The first-order valence-electron chi connectivity index (χ1n) is 8.23. The Morgan fingerprint density at radius 1 is 0.840 bits per heavy atom. The molecule has 0 atom stereocenters. The van der Waals surface area contributed by atoms with E-state index in [0.717, 1.165) is 45.9 Å². The molecule has 0 aliphatic heterocycles. The summed E-state index contributed by atoms with van der Waals surface area (Å²) in [6.45, 7) is 0. The Labute approximate surface area is 160 Å². The van der Waals surface area contributed by atoms with Gasteiger partial charge in [-0.05, 0) is 36.8 Å². The first-order valence-corrected chi connectivity index (χ1v) is 11.0. The van der Waals surface area contributed by atoms with Crippen molar-refractivity contribution in [2.24, 2.45) is 14.1 Å². The average molecular weight is 395 g/mol. The van der Waals surface area contributed by atoms with E-state index in [1.54, 1.807) is 34.9 Å². The zero-order valence-electron chi connectivity index (χ0n) is 14.5. The lowest BCUT2D eigenvalue weighted by Crippen LogP contribution is -1.87. The molecule has 134 valence electrons. The van der Waals surface area contributed by atoms with E-state index in [0.29, 0.717) is 0 Å². The van der Waals surface area contributed by atoms with Crippen LogP contribution in [0.15, 0.2) is 33.5 Å². The van der Waals surface area contributed by atoms with E-state index in [1.807, 2.05) is 35.9 Å². The predicted molar refractivity (Wildman–Crippen MR) is 104 cm³/mol. The molecular weight excluding hydrogens is 372 g/mol. The number of nitrogens with zero attached hydrogens (tertiary/aromatic N) is 6. The molecule has 9 heteroatoms. The minimum absolute atomic E-state index is 1.06. The second-order valence-corrected chi connectivity index (χ2v) is 9.44. The van der Waals surface area contributed by atoms with E-state index in [9.17, 15) is 0 Å². The first kappa shape index (κ1) is 18.5. The molecule has 0 aliphatic rings. The Bertz CT molecular complexity index is 716. The second-order valence-electron chi connectivity index (χ2n) is 5.78. The van der Waals surface area contributed by atoms with Gasteiger partial charge in [0.1, 0.15) is 0 Å². The van der Waals surface area contributed by atoms with E-state index in [4.69, 9.17) is 0 Å². The lowest BCUT2D eigenvalue weighted by molar-refractivity contribution is 0.766. The quantitative estimate of drug-likeness (QED) is 0.388. The van der Waals surface area contributed by atoms with Crippen LogP contribution in [0, 0.1) is 0 Å². The molecule has 0 spiro atoms. The fraction of sp³-hybridized carbons (Fsp3) is 0.500. The van der Waals surface area contributed by atoms with Crippen LogP contribution in [0.1, 0.15) is 24.0 Å². The number of hydrogen-bond acceptors (Lipinski definition) is 7. The molecule has 3 heterocycles. The van der Waals surface area contributed by atoms with Crippen molar-refractivity contribution in [3.63, 3.8) is 0 Å². The SMILES string of the molecule is Cn1cc(CCCSc2nnc(SCCCc3cnn(C)c3)s2)cn1. The summed E-state index contributed by atoms with van der Waals surface area (Å²) in [5, 5.41) is 17.0. The molecule has 0 radical (unpaired) electrons. The summed E-state index contributed by atoms with van der Waals surface area (Å²) in [6, 6.07) is 0. The first-order chi connectivity index (χ1) is 12.2. The number of aromatic nitrogens is 6. The number of hydrogen-bond donors (Lipinski definition) is 0. The van der Waals surface area contributed by atoms with Crippen molar-refractivity contribution in [1.82, 2.24) is 29.8 Å². The summed E-state index contributed by atoms with van der Waals surface area (Å²) < 4.78 is 5.85. The minimum atomic E-state index is 1.06. The van der Waals surface area contributed by atoms with Gasteiger partial charge >= 0.3 is 0 Å². The zero-order chi connectivity index (χ0) is 17.5. The molecule has 0 aliphatic carbocycles. The number of rotatable bonds is 10. The van der Waals surface area contributed by atoms with Crippen molar-refractivity contribution in [1.29, 1.82) is 0 Å². The van der Waals surface area contributed by atoms with Gasteiger partial charge in [0.15, 0.2) is 8.68 Å². The fourth-order valence-electron chi connectivity index (χ4n) is 2.39. The maximum atomic E-state index is 4.29. The van der Waals surface area contributed by atoms with Crippen LogP contribution in [-0.2, 0) is 26.9 Å². The van der Waals surface area contributed by atoms with Crippen LogP contribution in [-0.4, -0.2) is 41.3 Å². The topological polar surface area (TPSA) is 61.4 Å². The number of aryl methyl sites for hydroxylation is 4. The molecule has 0 bridgehead atoms. The van der Waals surface area contributed by atoms with Gasteiger partial charge in [-0.15, -0.1) is 10.2 Å². The van der Waals surface area contributed by atoms with Crippen molar-refractivity contribution < 1.29 is 0 Å². The third-order valence-corrected chi connectivity index (χ3v) is 6.94. The maximum absolute atomic E-state index is 4.29. The summed E-state index contributed by atoms with van der Waals surface area (Å²) in [5.41, 5.74) is 2.59. The molecule has 3 aromatic rings. The van der Waals surface area contributed by atoms with Gasteiger partial charge in [-0.3, -0.25) is 9.36 Å². The Morgan fingerprint density at radius 2 is 1.32 bits per heavy atom. The van der Waals surface area contributed by atoms with Crippen molar-refractivity contribution >= 4 is 34.9 Å². The van der Waals surface area contributed by atoms with Gasteiger partial charge in [0.2, 0.25) is 0 Å². The van der Waals surface area contributed by atoms with Crippen LogP contribution in [0.3, 0.4) is 0 Å². The molecule has 0 unspecified atom stereocenters. The highest BCUT2D eigenvalue weighted by atomic mass is 32.2. The smallest absolute Gasteiger partial charge is 0.175 e. The third kappa shape index (κ3) is 6.16. The van der Waals surface area contributed by atoms with Gasteiger partial charge in [0.25, 0.3) is 0 Å². The van der Waals surface area contributed by atoms with Crippen LogP contribution in [0.5, 0.6) is 0 Å². The van der Waals surface area contributed by atoms with E-state index < -0.39 is 0 Å². The molecule has 0 fully saturated rings. The Morgan fingerprint density at radius 3 is 1.72 bits per heavy atom. The van der Waals surface area contributed by atoms with E-state index >= 15 is 0 Å². The normalized spacial score (nSPS) is 11.3. The fourth-order valence-corrected chi connectivity index (χ4v) is 5.43. The van der Waals surface area contributed by atoms with Crippen LogP contribution in [0.4, 0.5) is 0 Å². The molecular formula is C16H22N6S3. The van der Waals surface area contributed by atoms with Gasteiger partial charge in [0, 0.05) is 38.0 Å². The molecule has 0 amide bonds. The van der Waals surface area contributed by atoms with Gasteiger partial charge in [-0.1, -0.05) is 34.9 Å². The van der Waals surface area contributed by atoms with Crippen LogP contribution >= 0.6 is 34.9 Å². The van der Waals surface area contributed by atoms with Crippen molar-refractivity contribution in [3.05, 3.63) is 35.9 Å². The summed E-state index contributed by atoms with van der Waals surface area (Å²) in [5.74, 6) is 2.13. The van der Waals surface area contributed by atoms with Gasteiger partial charge in [-0.2, -0.15) is 10.2 Å². The van der Waals surface area contributed by atoms with Crippen LogP contribution in [0.2, 0.25) is 0 Å².